The van der Waals surface area contributed by atoms with Crippen LogP contribution in [-0.2, 0) is 0 Å². The predicted molar refractivity (Wildman–Crippen MR) is 121 cm³/mol. The Labute approximate surface area is 179 Å². The number of furan rings is 2. The van der Waals surface area contributed by atoms with Crippen LogP contribution in [0.2, 0.25) is 0 Å². The zero-order chi connectivity index (χ0) is 20.9. The highest BCUT2D eigenvalue weighted by molar-refractivity contribution is 5.98. The maximum Gasteiger partial charge on any atom is 0.225 e. The van der Waals surface area contributed by atoms with E-state index in [1.807, 2.05) is 43.4 Å². The molecule has 156 valence electrons. The summed E-state index contributed by atoms with van der Waals surface area (Å²) in [5.74, 6) is 2.39. The first-order valence-electron chi connectivity index (χ1n) is 10.2. The van der Waals surface area contributed by atoms with Gasteiger partial charge in [-0.25, -0.2) is 0 Å². The lowest BCUT2D eigenvalue weighted by molar-refractivity contribution is 0.481. The normalized spacial score (nSPS) is 15.4. The molecule has 0 N–H and O–H groups in total. The average Bonchev–Trinajstić information content (AvgIpc) is 3.52. The second-order valence-corrected chi connectivity index (χ2v) is 7.90. The van der Waals surface area contributed by atoms with Gasteiger partial charge in [0.25, 0.3) is 0 Å². The van der Waals surface area contributed by atoms with Crippen molar-refractivity contribution in [1.29, 1.82) is 0 Å². The third kappa shape index (κ3) is 2.97. The predicted octanol–water partition coefficient (Wildman–Crippen LogP) is 5.54. The molecule has 0 saturated carbocycles. The van der Waals surface area contributed by atoms with Crippen LogP contribution in [-0.4, -0.2) is 32.3 Å². The smallest absolute Gasteiger partial charge is 0.225 e. The molecule has 0 spiro atoms. The third-order valence-electron chi connectivity index (χ3n) is 5.61. The number of fused-ring (bicyclic) bond motifs is 3. The van der Waals surface area contributed by atoms with Gasteiger partial charge < -0.3 is 33.2 Å². The summed E-state index contributed by atoms with van der Waals surface area (Å²) in [5.41, 5.74) is 4.59. The molecule has 0 amide bonds. The highest BCUT2D eigenvalue weighted by Gasteiger charge is 2.33. The first kappa shape index (κ1) is 17.8. The van der Waals surface area contributed by atoms with Gasteiger partial charge >= 0.3 is 0 Å². The number of ether oxygens (including phenoxy) is 1. The molecule has 6 rings (SSSR count). The minimum absolute atomic E-state index is 0.679. The van der Waals surface area contributed by atoms with E-state index in [1.54, 1.807) is 6.26 Å². The molecule has 2 aromatic heterocycles. The monoisotopic (exact) mass is 414 g/mol. The Bertz CT molecular complexity index is 1290. The minimum atomic E-state index is 0.679. The summed E-state index contributed by atoms with van der Waals surface area (Å²) in [5, 5.41) is 0. The van der Waals surface area contributed by atoms with Gasteiger partial charge in [-0.15, -0.1) is 0 Å². The quantitative estimate of drug-likeness (QED) is 0.434. The van der Waals surface area contributed by atoms with Gasteiger partial charge in [0.1, 0.15) is 11.5 Å². The molecule has 4 aromatic rings. The molecular weight excluding hydrogens is 392 g/mol. The molecule has 0 fully saturated rings. The largest absolute Gasteiger partial charge is 0.458 e. The van der Waals surface area contributed by atoms with Gasteiger partial charge in [-0.1, -0.05) is 12.1 Å². The highest BCUT2D eigenvalue weighted by Crippen LogP contribution is 2.47. The lowest BCUT2D eigenvalue weighted by Crippen LogP contribution is -2.24. The van der Waals surface area contributed by atoms with Crippen LogP contribution in [0.25, 0.3) is 11.2 Å². The van der Waals surface area contributed by atoms with Crippen molar-refractivity contribution in [3.05, 3.63) is 73.3 Å². The zero-order valence-corrected chi connectivity index (χ0v) is 17.4. The summed E-state index contributed by atoms with van der Waals surface area (Å²) in [6, 6.07) is 18.1. The van der Waals surface area contributed by atoms with Gasteiger partial charge in [-0.3, -0.25) is 0 Å². The van der Waals surface area contributed by atoms with E-state index in [0.29, 0.717) is 6.67 Å². The molecule has 2 aliphatic heterocycles. The fraction of sp³-hybridized carbons (Fsp3) is 0.167. The van der Waals surface area contributed by atoms with Crippen molar-refractivity contribution < 1.29 is 13.6 Å². The van der Waals surface area contributed by atoms with Crippen LogP contribution in [0.1, 0.15) is 0 Å². The molecule has 0 saturated heterocycles. The number of hydrogen-bond donors (Lipinski definition) is 0. The van der Waals surface area contributed by atoms with Crippen molar-refractivity contribution in [3.8, 4) is 11.5 Å². The van der Waals surface area contributed by atoms with Crippen LogP contribution in [0.3, 0.4) is 0 Å². The minimum Gasteiger partial charge on any atom is -0.458 e. The van der Waals surface area contributed by atoms with E-state index in [2.05, 4.69) is 57.2 Å². The van der Waals surface area contributed by atoms with E-state index < -0.39 is 0 Å². The van der Waals surface area contributed by atoms with E-state index in [0.717, 1.165) is 52.3 Å². The van der Waals surface area contributed by atoms with Crippen molar-refractivity contribution in [3.63, 3.8) is 0 Å². The summed E-state index contributed by atoms with van der Waals surface area (Å²) in [6.45, 7) is 1.51. The Morgan fingerprint density at radius 2 is 1.65 bits per heavy atom. The summed E-state index contributed by atoms with van der Waals surface area (Å²) < 4.78 is 17.9. The fourth-order valence-corrected chi connectivity index (χ4v) is 4.13. The van der Waals surface area contributed by atoms with Crippen LogP contribution in [0.15, 0.2) is 82.1 Å². The van der Waals surface area contributed by atoms with Crippen molar-refractivity contribution in [1.82, 2.24) is 4.90 Å². The molecule has 7 nitrogen and oxygen atoms in total. The summed E-state index contributed by atoms with van der Waals surface area (Å²) in [6.07, 6.45) is 5.79. The molecule has 0 unspecified atom stereocenters. The van der Waals surface area contributed by atoms with Crippen molar-refractivity contribution in [2.24, 2.45) is 0 Å². The number of anilines is 4. The Hall–Kier alpha value is -4.00. The lowest BCUT2D eigenvalue weighted by Gasteiger charge is -2.20. The third-order valence-corrected chi connectivity index (χ3v) is 5.61. The van der Waals surface area contributed by atoms with Gasteiger partial charge in [0.05, 0.1) is 19.6 Å². The summed E-state index contributed by atoms with van der Waals surface area (Å²) in [7, 11) is 4.07. The first-order valence-corrected chi connectivity index (χ1v) is 10.2. The lowest BCUT2D eigenvalue weighted by atomic mass is 10.2. The van der Waals surface area contributed by atoms with E-state index in [1.165, 1.54) is 0 Å². The molecule has 2 aromatic carbocycles. The summed E-state index contributed by atoms with van der Waals surface area (Å²) >= 11 is 0. The molecule has 2 aliphatic rings. The molecule has 4 heterocycles. The standard InChI is InChI=1S/C24H22N4O3/c1-25-10-11-27(15-25)17-5-3-7-19(13-17)30-20-8-4-6-18(14-20)28-16-26(2)24-22(28)23-21(31-24)9-12-29-23/h3-14H,15-16H2,1-2H3. The van der Waals surface area contributed by atoms with Crippen LogP contribution in [0.4, 0.5) is 22.9 Å². The Morgan fingerprint density at radius 1 is 0.871 bits per heavy atom. The van der Waals surface area contributed by atoms with Gasteiger partial charge in [0.2, 0.25) is 5.88 Å². The second-order valence-electron chi connectivity index (χ2n) is 7.90. The highest BCUT2D eigenvalue weighted by atomic mass is 16.5. The Morgan fingerprint density at radius 3 is 2.42 bits per heavy atom. The van der Waals surface area contributed by atoms with Gasteiger partial charge in [-0.05, 0) is 24.3 Å². The first-order chi connectivity index (χ1) is 15.2. The van der Waals surface area contributed by atoms with Crippen molar-refractivity contribution in [2.75, 3.05) is 42.1 Å². The fourth-order valence-electron chi connectivity index (χ4n) is 4.13. The topological polar surface area (TPSA) is 48.5 Å². The van der Waals surface area contributed by atoms with Crippen LogP contribution < -0.4 is 19.4 Å². The van der Waals surface area contributed by atoms with Crippen molar-refractivity contribution >= 4 is 34.1 Å². The second kappa shape index (κ2) is 6.77. The SMILES string of the molecule is CN1C=CN(c2cccc(Oc3cccc(N4CN(C)c5oc6ccoc6c54)c3)c2)C1. The molecule has 31 heavy (non-hydrogen) atoms. The molecule has 0 aliphatic carbocycles. The molecule has 0 bridgehead atoms. The number of benzene rings is 2. The zero-order valence-electron chi connectivity index (χ0n) is 17.4. The maximum atomic E-state index is 6.22. The number of rotatable bonds is 4. The molecular formula is C24H22N4O3. The molecule has 7 heteroatoms. The number of hydrogen-bond acceptors (Lipinski definition) is 7. The van der Waals surface area contributed by atoms with Crippen LogP contribution in [0, 0.1) is 0 Å². The molecule has 0 radical (unpaired) electrons. The van der Waals surface area contributed by atoms with E-state index >= 15 is 0 Å². The van der Waals surface area contributed by atoms with E-state index in [4.69, 9.17) is 13.6 Å². The van der Waals surface area contributed by atoms with E-state index in [-0.39, 0.29) is 0 Å². The maximum absolute atomic E-state index is 6.22. The average molecular weight is 414 g/mol. The Kier molecular flexibility index (Phi) is 3.89. The van der Waals surface area contributed by atoms with Gasteiger partial charge in [0.15, 0.2) is 16.9 Å². The van der Waals surface area contributed by atoms with Crippen molar-refractivity contribution in [2.45, 2.75) is 0 Å². The van der Waals surface area contributed by atoms with E-state index in [9.17, 15) is 0 Å². The molecule has 0 atom stereocenters. The van der Waals surface area contributed by atoms with Gasteiger partial charge in [-0.2, -0.15) is 0 Å². The Balaban J connectivity index is 1.29. The van der Waals surface area contributed by atoms with Crippen LogP contribution >= 0.6 is 0 Å². The summed E-state index contributed by atoms with van der Waals surface area (Å²) in [4.78, 5) is 8.56. The number of nitrogens with zero attached hydrogens (tertiary/aromatic N) is 4. The van der Waals surface area contributed by atoms with Gasteiger partial charge in [0, 0.05) is 56.1 Å². The van der Waals surface area contributed by atoms with Crippen LogP contribution in [0.5, 0.6) is 11.5 Å².